The minimum Gasteiger partial charge on any atom is -0.0683 e. The highest BCUT2D eigenvalue weighted by Gasteiger charge is 2.42. The van der Waals surface area contributed by atoms with Crippen LogP contribution in [-0.4, -0.2) is 0 Å². The molecule has 2 bridgehead atoms. The second kappa shape index (κ2) is 3.40. The first-order valence-electron chi connectivity index (χ1n) is 5.62. The predicted molar refractivity (Wildman–Crippen MR) is 55.3 cm³/mol. The molecule has 3 saturated carbocycles. The van der Waals surface area contributed by atoms with Crippen molar-refractivity contribution in [1.29, 1.82) is 0 Å². The Morgan fingerprint density at radius 1 is 0.583 bits per heavy atom. The maximum atomic E-state index is 2.48. The second-order valence-corrected chi connectivity index (χ2v) is 5.12. The van der Waals surface area contributed by atoms with Crippen molar-refractivity contribution in [3.05, 3.63) is 0 Å². The Morgan fingerprint density at radius 3 is 0.917 bits per heavy atom. The molecule has 0 heterocycles. The summed E-state index contributed by atoms with van der Waals surface area (Å²) in [4.78, 5) is 0. The summed E-state index contributed by atoms with van der Waals surface area (Å²) in [5.74, 6) is 0. The summed E-state index contributed by atoms with van der Waals surface area (Å²) >= 11 is 0. The van der Waals surface area contributed by atoms with Gasteiger partial charge in [0.25, 0.3) is 0 Å². The number of fused-ring (bicyclic) bond motifs is 3. The van der Waals surface area contributed by atoms with Gasteiger partial charge in [0.05, 0.1) is 0 Å². The topological polar surface area (TPSA) is 0 Å². The maximum absolute atomic E-state index is 2.48. The summed E-state index contributed by atoms with van der Waals surface area (Å²) < 4.78 is 0. The lowest BCUT2D eigenvalue weighted by molar-refractivity contribution is 0.0164. The molecule has 0 N–H and O–H groups in total. The molecule has 12 heavy (non-hydrogen) atoms. The zero-order valence-electron chi connectivity index (χ0n) is 9.24. The first-order chi connectivity index (χ1) is 5.62. The molecule has 0 atom stereocenters. The molecule has 0 unspecified atom stereocenters. The molecule has 0 nitrogen and oxygen atoms in total. The van der Waals surface area contributed by atoms with Gasteiger partial charge in [0.1, 0.15) is 0 Å². The SMILES string of the molecule is CC.CC12CCC(C)(CC1)CC2. The van der Waals surface area contributed by atoms with Gasteiger partial charge in [0.15, 0.2) is 0 Å². The van der Waals surface area contributed by atoms with Crippen molar-refractivity contribution in [3.8, 4) is 0 Å². The third-order valence-corrected chi connectivity index (χ3v) is 4.00. The highest BCUT2D eigenvalue weighted by atomic mass is 14.5. The van der Waals surface area contributed by atoms with Crippen LogP contribution in [0.15, 0.2) is 0 Å². The molecule has 0 spiro atoms. The van der Waals surface area contributed by atoms with Crippen LogP contribution in [0.5, 0.6) is 0 Å². The van der Waals surface area contributed by atoms with Gasteiger partial charge in [0, 0.05) is 0 Å². The van der Waals surface area contributed by atoms with Crippen molar-refractivity contribution in [2.24, 2.45) is 10.8 Å². The molecular formula is C12H24. The van der Waals surface area contributed by atoms with E-state index in [9.17, 15) is 0 Å². The summed E-state index contributed by atoms with van der Waals surface area (Å²) in [5.41, 5.74) is 1.52. The fourth-order valence-electron chi connectivity index (χ4n) is 2.56. The summed E-state index contributed by atoms with van der Waals surface area (Å²) in [7, 11) is 0. The molecule has 0 heteroatoms. The number of rotatable bonds is 0. The Balaban J connectivity index is 0.000000336. The van der Waals surface area contributed by atoms with E-state index < -0.39 is 0 Å². The van der Waals surface area contributed by atoms with Gasteiger partial charge in [-0.05, 0) is 49.4 Å². The molecule has 0 aromatic carbocycles. The van der Waals surface area contributed by atoms with Crippen LogP contribution >= 0.6 is 0 Å². The third-order valence-electron chi connectivity index (χ3n) is 4.00. The first kappa shape index (κ1) is 10.1. The fraction of sp³-hybridized carbons (Fsp3) is 1.00. The van der Waals surface area contributed by atoms with Gasteiger partial charge in [-0.25, -0.2) is 0 Å². The van der Waals surface area contributed by atoms with Crippen LogP contribution < -0.4 is 0 Å². The van der Waals surface area contributed by atoms with E-state index in [2.05, 4.69) is 13.8 Å². The van der Waals surface area contributed by atoms with Crippen LogP contribution in [0.1, 0.15) is 66.2 Å². The molecule has 0 aromatic heterocycles. The van der Waals surface area contributed by atoms with Crippen LogP contribution in [0.3, 0.4) is 0 Å². The van der Waals surface area contributed by atoms with Gasteiger partial charge in [-0.2, -0.15) is 0 Å². The third kappa shape index (κ3) is 1.84. The largest absolute Gasteiger partial charge is 0.0683 e. The summed E-state index contributed by atoms with van der Waals surface area (Å²) in [6.45, 7) is 8.96. The molecule has 0 radical (unpaired) electrons. The van der Waals surface area contributed by atoms with Gasteiger partial charge in [0.2, 0.25) is 0 Å². The molecule has 0 saturated heterocycles. The Hall–Kier alpha value is 0. The van der Waals surface area contributed by atoms with Crippen LogP contribution in [-0.2, 0) is 0 Å². The van der Waals surface area contributed by atoms with Crippen molar-refractivity contribution in [3.63, 3.8) is 0 Å². The van der Waals surface area contributed by atoms with E-state index in [0.29, 0.717) is 0 Å². The minimum atomic E-state index is 0.762. The lowest BCUT2D eigenvalue weighted by Gasteiger charge is -2.50. The average molecular weight is 168 g/mol. The zero-order valence-corrected chi connectivity index (χ0v) is 9.24. The number of hydrogen-bond acceptors (Lipinski definition) is 0. The lowest BCUT2D eigenvalue weighted by Crippen LogP contribution is -2.37. The Morgan fingerprint density at radius 2 is 0.750 bits per heavy atom. The highest BCUT2D eigenvalue weighted by Crippen LogP contribution is 2.56. The molecule has 0 aliphatic heterocycles. The molecule has 3 aliphatic rings. The Labute approximate surface area is 77.7 Å². The normalized spacial score (nSPS) is 45.0. The monoisotopic (exact) mass is 168 g/mol. The molecule has 3 fully saturated rings. The summed E-state index contributed by atoms with van der Waals surface area (Å²) in [5, 5.41) is 0. The number of hydrogen-bond donors (Lipinski definition) is 0. The van der Waals surface area contributed by atoms with Crippen molar-refractivity contribution in [2.75, 3.05) is 0 Å². The quantitative estimate of drug-likeness (QED) is 0.503. The molecule has 72 valence electrons. The van der Waals surface area contributed by atoms with E-state index in [4.69, 9.17) is 0 Å². The van der Waals surface area contributed by atoms with E-state index in [0.717, 1.165) is 10.8 Å². The van der Waals surface area contributed by atoms with Gasteiger partial charge in [-0.1, -0.05) is 27.7 Å². The maximum Gasteiger partial charge on any atom is -0.0325 e. The van der Waals surface area contributed by atoms with Crippen molar-refractivity contribution >= 4 is 0 Å². The lowest BCUT2D eigenvalue weighted by atomic mass is 9.55. The molecular weight excluding hydrogens is 144 g/mol. The van der Waals surface area contributed by atoms with Gasteiger partial charge in [-0.3, -0.25) is 0 Å². The smallest absolute Gasteiger partial charge is 0.0325 e. The summed E-state index contributed by atoms with van der Waals surface area (Å²) in [6.07, 6.45) is 9.02. The van der Waals surface area contributed by atoms with Crippen LogP contribution in [0.4, 0.5) is 0 Å². The van der Waals surface area contributed by atoms with Crippen molar-refractivity contribution < 1.29 is 0 Å². The van der Waals surface area contributed by atoms with Gasteiger partial charge >= 0.3 is 0 Å². The second-order valence-electron chi connectivity index (χ2n) is 5.12. The fourth-order valence-corrected chi connectivity index (χ4v) is 2.56. The molecule has 3 aliphatic carbocycles. The molecule has 3 rings (SSSR count). The van der Waals surface area contributed by atoms with Crippen molar-refractivity contribution in [2.45, 2.75) is 66.2 Å². The Bertz CT molecular complexity index is 104. The van der Waals surface area contributed by atoms with Crippen LogP contribution in [0, 0.1) is 10.8 Å². The average Bonchev–Trinajstić information content (AvgIpc) is 2.12. The van der Waals surface area contributed by atoms with E-state index in [1.807, 2.05) is 13.8 Å². The predicted octanol–water partition coefficient (Wildman–Crippen LogP) is 4.39. The van der Waals surface area contributed by atoms with Crippen LogP contribution in [0.2, 0.25) is 0 Å². The van der Waals surface area contributed by atoms with Crippen molar-refractivity contribution in [1.82, 2.24) is 0 Å². The van der Waals surface area contributed by atoms with Crippen LogP contribution in [0.25, 0.3) is 0 Å². The summed E-state index contributed by atoms with van der Waals surface area (Å²) in [6, 6.07) is 0. The first-order valence-corrected chi connectivity index (χ1v) is 5.62. The van der Waals surface area contributed by atoms with E-state index >= 15 is 0 Å². The minimum absolute atomic E-state index is 0.762. The molecule has 0 amide bonds. The Kier molecular flexibility index (Phi) is 2.85. The van der Waals surface area contributed by atoms with Gasteiger partial charge < -0.3 is 0 Å². The van der Waals surface area contributed by atoms with E-state index in [1.54, 1.807) is 0 Å². The highest BCUT2D eigenvalue weighted by molar-refractivity contribution is 4.94. The van der Waals surface area contributed by atoms with E-state index in [1.165, 1.54) is 38.5 Å². The molecule has 0 aromatic rings. The van der Waals surface area contributed by atoms with Gasteiger partial charge in [-0.15, -0.1) is 0 Å². The van der Waals surface area contributed by atoms with E-state index in [-0.39, 0.29) is 0 Å². The standard InChI is InChI=1S/C10H18.C2H6/c1-9-3-6-10(2,7-4-9)8-5-9;1-2/h3-8H2,1-2H3;1-2H3. The zero-order chi connectivity index (χ0) is 9.24.